The fourth-order valence-corrected chi connectivity index (χ4v) is 2.22. The van der Waals surface area contributed by atoms with Gasteiger partial charge in [-0.3, -0.25) is 0 Å². The smallest absolute Gasteiger partial charge is 0.396 e. The standard InChI is InChI=1S/C14H9F21O/c1-4(3-36)2-5(15,16)6(17,18)7(19,20)8(21,22)9(23,24)10(25,26)11(27,28)12(29,30)13(31,32)14(33,34)35/h4,36H,2-3H2,1H3/t4-/m1/s1. The summed E-state index contributed by atoms with van der Waals surface area (Å²) < 4.78 is 276. The van der Waals surface area contributed by atoms with Crippen molar-refractivity contribution in [2.75, 3.05) is 6.61 Å². The van der Waals surface area contributed by atoms with Gasteiger partial charge in [-0.2, -0.15) is 92.2 Å². The second kappa shape index (κ2) is 8.77. The summed E-state index contributed by atoms with van der Waals surface area (Å²) in [5.74, 6) is -79.1. The first kappa shape index (κ1) is 34.5. The summed E-state index contributed by atoms with van der Waals surface area (Å²) in [6.07, 6.45) is -10.8. The molecule has 0 amide bonds. The Bertz CT molecular complexity index is 778. The number of hydrogen-bond acceptors (Lipinski definition) is 1. The maximum Gasteiger partial charge on any atom is 0.460 e. The Morgan fingerprint density at radius 1 is 0.417 bits per heavy atom. The van der Waals surface area contributed by atoms with Crippen LogP contribution in [0.4, 0.5) is 92.2 Å². The molecule has 0 radical (unpaired) electrons. The van der Waals surface area contributed by atoms with E-state index in [9.17, 15) is 92.2 Å². The molecule has 36 heavy (non-hydrogen) atoms. The van der Waals surface area contributed by atoms with Crippen LogP contribution in [0.3, 0.4) is 0 Å². The molecular weight excluding hydrogens is 583 g/mol. The van der Waals surface area contributed by atoms with Crippen molar-refractivity contribution in [1.29, 1.82) is 0 Å². The number of alkyl halides is 21. The molecule has 0 saturated heterocycles. The predicted molar refractivity (Wildman–Crippen MR) is 71.4 cm³/mol. The van der Waals surface area contributed by atoms with Crippen LogP contribution in [0.2, 0.25) is 0 Å². The van der Waals surface area contributed by atoms with Gasteiger partial charge in [0.25, 0.3) is 0 Å². The Balaban J connectivity index is 7.00. The molecule has 0 unspecified atom stereocenters. The summed E-state index contributed by atoms with van der Waals surface area (Å²) in [6.45, 7) is -1.27. The van der Waals surface area contributed by atoms with Crippen molar-refractivity contribution in [3.8, 4) is 0 Å². The summed E-state index contributed by atoms with van der Waals surface area (Å²) in [4.78, 5) is 0. The summed E-state index contributed by atoms with van der Waals surface area (Å²) in [7, 11) is 0. The lowest BCUT2D eigenvalue weighted by atomic mass is 9.85. The van der Waals surface area contributed by atoms with Gasteiger partial charge in [-0.15, -0.1) is 0 Å². The summed E-state index contributed by atoms with van der Waals surface area (Å²) in [5.41, 5.74) is 0. The van der Waals surface area contributed by atoms with E-state index in [-0.39, 0.29) is 0 Å². The van der Waals surface area contributed by atoms with E-state index in [1.807, 2.05) is 0 Å². The van der Waals surface area contributed by atoms with Crippen LogP contribution in [-0.4, -0.2) is 71.2 Å². The first-order valence-electron chi connectivity index (χ1n) is 8.28. The Morgan fingerprint density at radius 3 is 0.861 bits per heavy atom. The topological polar surface area (TPSA) is 20.2 Å². The van der Waals surface area contributed by atoms with Gasteiger partial charge < -0.3 is 5.11 Å². The number of halogens is 21. The van der Waals surface area contributed by atoms with E-state index in [2.05, 4.69) is 0 Å². The molecule has 1 N–H and O–H groups in total. The minimum Gasteiger partial charge on any atom is -0.396 e. The van der Waals surface area contributed by atoms with Gasteiger partial charge in [-0.25, -0.2) is 0 Å². The van der Waals surface area contributed by atoms with Crippen molar-refractivity contribution >= 4 is 0 Å². The minimum atomic E-state index is -9.17. The van der Waals surface area contributed by atoms with Gasteiger partial charge in [0, 0.05) is 13.0 Å². The first-order chi connectivity index (χ1) is 15.2. The summed E-state index contributed by atoms with van der Waals surface area (Å²) >= 11 is 0. The molecule has 0 aromatic carbocycles. The SMILES string of the molecule is C[C@@H](CO)CC(F)(F)C(F)(F)C(F)(F)C(F)(F)C(F)(F)C(F)(F)C(F)(F)C(F)(F)C(F)(F)C(F)(F)F. The molecule has 0 bridgehead atoms. The van der Waals surface area contributed by atoms with E-state index in [0.29, 0.717) is 6.92 Å². The third kappa shape index (κ3) is 4.31. The molecule has 0 aliphatic rings. The van der Waals surface area contributed by atoms with Crippen LogP contribution in [0.1, 0.15) is 13.3 Å². The molecule has 0 saturated carbocycles. The Hall–Kier alpha value is -1.51. The average Bonchev–Trinajstić information content (AvgIpc) is 2.65. The average molecular weight is 592 g/mol. The highest BCUT2D eigenvalue weighted by atomic mass is 19.4. The second-order valence-corrected chi connectivity index (χ2v) is 7.29. The first-order valence-corrected chi connectivity index (χ1v) is 8.28. The molecule has 0 aliphatic carbocycles. The third-order valence-electron chi connectivity index (χ3n) is 4.49. The van der Waals surface area contributed by atoms with E-state index < -0.39 is 78.4 Å². The molecular formula is C14H9F21O. The van der Waals surface area contributed by atoms with Crippen molar-refractivity contribution in [1.82, 2.24) is 0 Å². The Morgan fingerprint density at radius 2 is 0.639 bits per heavy atom. The maximum absolute atomic E-state index is 13.5. The van der Waals surface area contributed by atoms with E-state index in [0.717, 1.165) is 0 Å². The van der Waals surface area contributed by atoms with Gasteiger partial charge in [-0.05, 0) is 5.92 Å². The van der Waals surface area contributed by atoms with E-state index >= 15 is 0 Å². The van der Waals surface area contributed by atoms with E-state index in [1.54, 1.807) is 0 Å². The zero-order valence-corrected chi connectivity index (χ0v) is 16.4. The third-order valence-corrected chi connectivity index (χ3v) is 4.49. The van der Waals surface area contributed by atoms with Crippen molar-refractivity contribution in [3.05, 3.63) is 0 Å². The molecule has 218 valence electrons. The monoisotopic (exact) mass is 592 g/mol. The van der Waals surface area contributed by atoms with Gasteiger partial charge in [0.05, 0.1) is 0 Å². The molecule has 1 nitrogen and oxygen atoms in total. The fourth-order valence-electron chi connectivity index (χ4n) is 2.22. The van der Waals surface area contributed by atoms with Crippen LogP contribution in [0.5, 0.6) is 0 Å². The van der Waals surface area contributed by atoms with E-state index in [1.165, 1.54) is 0 Å². The molecule has 1 atom stereocenters. The largest absolute Gasteiger partial charge is 0.460 e. The summed E-state index contributed by atoms with van der Waals surface area (Å²) in [5, 5.41) is 8.42. The lowest BCUT2D eigenvalue weighted by Crippen LogP contribution is -2.76. The van der Waals surface area contributed by atoms with Crippen molar-refractivity contribution in [3.63, 3.8) is 0 Å². The van der Waals surface area contributed by atoms with Crippen LogP contribution in [0.15, 0.2) is 0 Å². The number of rotatable bonds is 11. The molecule has 0 aliphatic heterocycles. The fraction of sp³-hybridized carbons (Fsp3) is 1.00. The van der Waals surface area contributed by atoms with Gasteiger partial charge in [0.15, 0.2) is 0 Å². The highest BCUT2D eigenvalue weighted by molar-refractivity contribution is 5.17. The molecule has 0 fully saturated rings. The number of aliphatic hydroxyl groups excluding tert-OH is 1. The molecule has 0 aromatic heterocycles. The predicted octanol–water partition coefficient (Wildman–Crippen LogP) is 7.28. The molecule has 0 spiro atoms. The van der Waals surface area contributed by atoms with Crippen molar-refractivity contribution in [2.24, 2.45) is 5.92 Å². The zero-order chi connectivity index (χ0) is 30.0. The lowest BCUT2D eigenvalue weighted by molar-refractivity contribution is -0.474. The maximum atomic E-state index is 13.5. The van der Waals surface area contributed by atoms with Gasteiger partial charge in [0.1, 0.15) is 0 Å². The minimum absolute atomic E-state index is 0.326. The quantitative estimate of drug-likeness (QED) is 0.250. The van der Waals surface area contributed by atoms with E-state index in [4.69, 9.17) is 5.11 Å². The summed E-state index contributed by atoms with van der Waals surface area (Å²) in [6, 6.07) is 0. The van der Waals surface area contributed by atoms with Crippen LogP contribution in [0, 0.1) is 5.92 Å². The highest BCUT2D eigenvalue weighted by Gasteiger charge is 2.97. The Kier molecular flexibility index (Phi) is 8.40. The molecule has 0 rings (SSSR count). The van der Waals surface area contributed by atoms with Crippen molar-refractivity contribution in [2.45, 2.75) is 72.8 Å². The second-order valence-electron chi connectivity index (χ2n) is 7.29. The van der Waals surface area contributed by atoms with Crippen LogP contribution < -0.4 is 0 Å². The normalized spacial score (nSPS) is 17.4. The van der Waals surface area contributed by atoms with Gasteiger partial charge in [0.2, 0.25) is 0 Å². The van der Waals surface area contributed by atoms with Crippen LogP contribution in [0.25, 0.3) is 0 Å². The molecule has 0 aromatic rings. The van der Waals surface area contributed by atoms with Crippen molar-refractivity contribution < 1.29 is 97.3 Å². The molecule has 22 heteroatoms. The number of aliphatic hydroxyl groups is 1. The Labute approximate surface area is 184 Å². The zero-order valence-electron chi connectivity index (χ0n) is 16.4. The highest BCUT2D eigenvalue weighted by Crippen LogP contribution is 2.66. The molecule has 0 heterocycles. The lowest BCUT2D eigenvalue weighted by Gasteiger charge is -2.44. The van der Waals surface area contributed by atoms with Gasteiger partial charge >= 0.3 is 59.5 Å². The van der Waals surface area contributed by atoms with Crippen LogP contribution in [-0.2, 0) is 0 Å². The van der Waals surface area contributed by atoms with Gasteiger partial charge in [-0.1, -0.05) is 6.92 Å². The number of hydrogen-bond donors (Lipinski definition) is 1. The van der Waals surface area contributed by atoms with Crippen LogP contribution >= 0.6 is 0 Å².